The molecule has 0 aliphatic heterocycles. The van der Waals surface area contributed by atoms with Crippen molar-refractivity contribution < 1.29 is 0 Å². The highest BCUT2D eigenvalue weighted by molar-refractivity contribution is 5.44. The number of pyridine rings is 1. The number of nitrogens with zero attached hydrogens (tertiary/aromatic N) is 1. The second-order valence-electron chi connectivity index (χ2n) is 5.35. The van der Waals surface area contributed by atoms with Crippen molar-refractivity contribution in [2.75, 3.05) is 11.9 Å². The summed E-state index contributed by atoms with van der Waals surface area (Å²) in [5.74, 6) is 3.48. The molecule has 1 aromatic heterocycles. The Morgan fingerprint density at radius 3 is 2.89 bits per heavy atom. The number of nitrogens with one attached hydrogen (secondary N) is 1. The van der Waals surface area contributed by atoms with Crippen LogP contribution in [0.25, 0.3) is 0 Å². The summed E-state index contributed by atoms with van der Waals surface area (Å²) in [7, 11) is 0. The van der Waals surface area contributed by atoms with Gasteiger partial charge < -0.3 is 5.32 Å². The van der Waals surface area contributed by atoms with Gasteiger partial charge in [0.2, 0.25) is 0 Å². The first kappa shape index (κ1) is 10.1. The predicted octanol–water partition coefficient (Wildman–Crippen LogP) is 3.08. The summed E-state index contributed by atoms with van der Waals surface area (Å²) in [6.45, 7) is 1.06. The summed E-state index contributed by atoms with van der Waals surface area (Å²) in [5.41, 5.74) is 3.16. The molecule has 0 amide bonds. The minimum atomic E-state index is 0.803. The number of benzene rings is 1. The van der Waals surface area contributed by atoms with Gasteiger partial charge in [-0.25, -0.2) is 4.98 Å². The number of rotatable bonds is 3. The molecule has 2 heteroatoms. The molecule has 1 fully saturated rings. The fraction of sp³-hybridized carbons (Fsp3) is 0.312. The third-order valence-electron chi connectivity index (χ3n) is 4.39. The van der Waals surface area contributed by atoms with Crippen LogP contribution in [0.3, 0.4) is 0 Å². The maximum atomic E-state index is 4.31. The number of hydrogen-bond donors (Lipinski definition) is 1. The lowest BCUT2D eigenvalue weighted by molar-refractivity contribution is 0.718. The maximum Gasteiger partial charge on any atom is 0.125 e. The second kappa shape index (κ2) is 3.84. The standard InChI is InChI=1S/C16H16N2/c1-2-6-12-11(5-1)9-13-14(16(12)13)10-18-15-7-3-4-8-17-15/h1-8,13-14,16H,9-10H2,(H,17,18). The molecule has 2 aliphatic carbocycles. The number of anilines is 1. The number of hydrogen-bond acceptors (Lipinski definition) is 2. The SMILES string of the molecule is c1ccc(NCC2C3Cc4ccccc4C23)nc1. The fourth-order valence-corrected chi connectivity index (χ4v) is 3.45. The van der Waals surface area contributed by atoms with Crippen molar-refractivity contribution in [2.24, 2.45) is 11.8 Å². The van der Waals surface area contributed by atoms with Gasteiger partial charge in [0, 0.05) is 12.7 Å². The normalized spacial score (nSPS) is 27.4. The van der Waals surface area contributed by atoms with Gasteiger partial charge in [0.05, 0.1) is 0 Å². The van der Waals surface area contributed by atoms with Gasteiger partial charge in [-0.15, -0.1) is 0 Å². The average Bonchev–Trinajstić information content (AvgIpc) is 2.97. The lowest BCUT2D eigenvalue weighted by Crippen LogP contribution is -2.08. The molecule has 0 saturated heterocycles. The molecule has 2 aromatic rings. The van der Waals surface area contributed by atoms with Crippen LogP contribution in [0.4, 0.5) is 5.82 Å². The minimum absolute atomic E-state index is 0.803. The molecule has 1 aromatic carbocycles. The highest BCUT2D eigenvalue weighted by Gasteiger charge is 2.54. The van der Waals surface area contributed by atoms with Crippen LogP contribution in [0.1, 0.15) is 17.0 Å². The topological polar surface area (TPSA) is 24.9 Å². The lowest BCUT2D eigenvalue weighted by Gasteiger charge is -2.08. The molecule has 2 aliphatic rings. The number of aromatic nitrogens is 1. The summed E-state index contributed by atoms with van der Waals surface area (Å²) in [6, 6.07) is 14.9. The Morgan fingerprint density at radius 2 is 2.00 bits per heavy atom. The van der Waals surface area contributed by atoms with Gasteiger partial charge >= 0.3 is 0 Å². The van der Waals surface area contributed by atoms with E-state index in [2.05, 4.69) is 34.6 Å². The zero-order valence-corrected chi connectivity index (χ0v) is 10.2. The molecule has 1 saturated carbocycles. The number of fused-ring (bicyclic) bond motifs is 3. The highest BCUT2D eigenvalue weighted by Crippen LogP contribution is 2.61. The summed E-state index contributed by atoms with van der Waals surface area (Å²) in [6.07, 6.45) is 3.11. The van der Waals surface area contributed by atoms with E-state index in [9.17, 15) is 0 Å². The van der Waals surface area contributed by atoms with Crippen molar-refractivity contribution in [3.63, 3.8) is 0 Å². The summed E-state index contributed by atoms with van der Waals surface area (Å²) < 4.78 is 0. The van der Waals surface area contributed by atoms with E-state index in [4.69, 9.17) is 0 Å². The zero-order valence-electron chi connectivity index (χ0n) is 10.2. The van der Waals surface area contributed by atoms with Gasteiger partial charge in [0.25, 0.3) is 0 Å². The Labute approximate surface area is 107 Å². The molecular formula is C16H16N2. The Kier molecular flexibility index (Phi) is 2.16. The van der Waals surface area contributed by atoms with E-state index in [1.54, 1.807) is 11.1 Å². The van der Waals surface area contributed by atoms with E-state index in [0.29, 0.717) is 0 Å². The molecule has 4 rings (SSSR count). The molecular weight excluding hydrogens is 220 g/mol. The first-order valence-electron chi connectivity index (χ1n) is 6.66. The van der Waals surface area contributed by atoms with Crippen LogP contribution >= 0.6 is 0 Å². The first-order valence-corrected chi connectivity index (χ1v) is 6.66. The molecule has 90 valence electrons. The Bertz CT molecular complexity index is 564. The van der Waals surface area contributed by atoms with Crippen LogP contribution in [0.2, 0.25) is 0 Å². The maximum absolute atomic E-state index is 4.31. The monoisotopic (exact) mass is 236 g/mol. The fourth-order valence-electron chi connectivity index (χ4n) is 3.45. The molecule has 0 spiro atoms. The third-order valence-corrected chi connectivity index (χ3v) is 4.39. The Hall–Kier alpha value is -1.83. The van der Waals surface area contributed by atoms with Crippen molar-refractivity contribution in [2.45, 2.75) is 12.3 Å². The molecule has 18 heavy (non-hydrogen) atoms. The largest absolute Gasteiger partial charge is 0.370 e. The van der Waals surface area contributed by atoms with Gasteiger partial charge in [-0.1, -0.05) is 30.3 Å². The molecule has 2 nitrogen and oxygen atoms in total. The third kappa shape index (κ3) is 1.52. The smallest absolute Gasteiger partial charge is 0.125 e. The summed E-state index contributed by atoms with van der Waals surface area (Å²) in [4.78, 5) is 4.31. The van der Waals surface area contributed by atoms with E-state index >= 15 is 0 Å². The van der Waals surface area contributed by atoms with Crippen molar-refractivity contribution in [3.8, 4) is 0 Å². The van der Waals surface area contributed by atoms with Crippen LogP contribution in [0.15, 0.2) is 48.7 Å². The van der Waals surface area contributed by atoms with Gasteiger partial charge in [-0.05, 0) is 47.4 Å². The summed E-state index contributed by atoms with van der Waals surface area (Å²) in [5, 5.41) is 3.45. The summed E-state index contributed by atoms with van der Waals surface area (Å²) >= 11 is 0. The molecule has 1 heterocycles. The van der Waals surface area contributed by atoms with Gasteiger partial charge in [-0.2, -0.15) is 0 Å². The van der Waals surface area contributed by atoms with Gasteiger partial charge in [0.1, 0.15) is 5.82 Å². The van der Waals surface area contributed by atoms with Crippen LogP contribution in [0, 0.1) is 11.8 Å². The first-order chi connectivity index (χ1) is 8.93. The second-order valence-corrected chi connectivity index (χ2v) is 5.35. The van der Waals surface area contributed by atoms with Crippen LogP contribution < -0.4 is 5.32 Å². The molecule has 0 bridgehead atoms. The van der Waals surface area contributed by atoms with E-state index in [1.165, 1.54) is 6.42 Å². The molecule has 3 unspecified atom stereocenters. The Balaban J connectivity index is 1.43. The predicted molar refractivity (Wildman–Crippen MR) is 72.6 cm³/mol. The van der Waals surface area contributed by atoms with E-state index < -0.39 is 0 Å². The highest BCUT2D eigenvalue weighted by atomic mass is 15.0. The van der Waals surface area contributed by atoms with Crippen molar-refractivity contribution in [1.29, 1.82) is 0 Å². The van der Waals surface area contributed by atoms with Crippen LogP contribution in [-0.2, 0) is 6.42 Å². The lowest BCUT2D eigenvalue weighted by atomic mass is 10.0. The van der Waals surface area contributed by atoms with Crippen molar-refractivity contribution >= 4 is 5.82 Å². The average molecular weight is 236 g/mol. The van der Waals surface area contributed by atoms with Gasteiger partial charge in [0.15, 0.2) is 0 Å². The van der Waals surface area contributed by atoms with Crippen LogP contribution in [-0.4, -0.2) is 11.5 Å². The quantitative estimate of drug-likeness (QED) is 0.886. The van der Waals surface area contributed by atoms with E-state index in [-0.39, 0.29) is 0 Å². The molecule has 3 atom stereocenters. The minimum Gasteiger partial charge on any atom is -0.370 e. The van der Waals surface area contributed by atoms with E-state index in [0.717, 1.165) is 30.1 Å². The molecule has 0 radical (unpaired) electrons. The molecule has 1 N–H and O–H groups in total. The van der Waals surface area contributed by atoms with Crippen LogP contribution in [0.5, 0.6) is 0 Å². The zero-order chi connectivity index (χ0) is 11.9. The van der Waals surface area contributed by atoms with E-state index in [1.807, 2.05) is 24.4 Å². The van der Waals surface area contributed by atoms with Crippen molar-refractivity contribution in [3.05, 3.63) is 59.8 Å². The van der Waals surface area contributed by atoms with Gasteiger partial charge in [-0.3, -0.25) is 0 Å². The Morgan fingerprint density at radius 1 is 1.11 bits per heavy atom. The van der Waals surface area contributed by atoms with Crippen molar-refractivity contribution in [1.82, 2.24) is 4.98 Å².